The van der Waals surface area contributed by atoms with Gasteiger partial charge in [0.15, 0.2) is 5.96 Å². The number of halogens is 1. The molecule has 9 heteroatoms. The first kappa shape index (κ1) is 23.5. The minimum absolute atomic E-state index is 0. The summed E-state index contributed by atoms with van der Waals surface area (Å²) in [5, 5.41) is 11.3. The molecular formula is C22H32IN7O. The summed E-state index contributed by atoms with van der Waals surface area (Å²) in [6.07, 6.45) is 3.34. The van der Waals surface area contributed by atoms with E-state index in [-0.39, 0.29) is 35.9 Å². The van der Waals surface area contributed by atoms with Gasteiger partial charge >= 0.3 is 0 Å². The highest BCUT2D eigenvalue weighted by molar-refractivity contribution is 14.0. The fraction of sp³-hybridized carbons (Fsp3) is 0.545. The predicted molar refractivity (Wildman–Crippen MR) is 131 cm³/mol. The third-order valence-electron chi connectivity index (χ3n) is 5.65. The second kappa shape index (κ2) is 10.9. The number of rotatable bonds is 6. The molecule has 1 atom stereocenters. The Morgan fingerprint density at radius 3 is 2.71 bits per heavy atom. The molecule has 2 aromatic rings. The summed E-state index contributed by atoms with van der Waals surface area (Å²) >= 11 is 0. The number of nitrogens with one attached hydrogen (secondary N) is 2. The monoisotopic (exact) mass is 537 g/mol. The lowest BCUT2D eigenvalue weighted by Gasteiger charge is -2.25. The standard InChI is InChI=1S/C22H31N7O.HI/c1-3-23-22(26-19-10-7-13-29-21(19)25-16(2)27-29)24-12-6-11-20(30)28-14-17-8-4-5-9-18(17)15-28;/h4-5,8-9,19H,3,6-7,10-15H2,1-2H3,(H2,23,24,26);1H. The Labute approximate surface area is 200 Å². The zero-order chi connectivity index (χ0) is 20.9. The largest absolute Gasteiger partial charge is 0.357 e. The van der Waals surface area contributed by atoms with Crippen LogP contribution in [0.4, 0.5) is 0 Å². The number of hydrogen-bond donors (Lipinski definition) is 2. The summed E-state index contributed by atoms with van der Waals surface area (Å²) in [4.78, 5) is 23.8. The number of aliphatic imine (C=N–C) groups is 1. The number of hydrogen-bond acceptors (Lipinski definition) is 4. The number of carbonyl (C=O) groups is 1. The molecule has 0 spiro atoms. The number of aryl methyl sites for hydroxylation is 2. The van der Waals surface area contributed by atoms with Crippen molar-refractivity contribution in [2.24, 2.45) is 4.99 Å². The van der Waals surface area contributed by atoms with Crippen LogP contribution in [0.5, 0.6) is 0 Å². The van der Waals surface area contributed by atoms with E-state index in [0.717, 1.165) is 63.0 Å². The highest BCUT2D eigenvalue weighted by Crippen LogP contribution is 2.24. The molecule has 8 nitrogen and oxygen atoms in total. The van der Waals surface area contributed by atoms with Gasteiger partial charge in [0.1, 0.15) is 11.6 Å². The Morgan fingerprint density at radius 2 is 2.00 bits per heavy atom. The van der Waals surface area contributed by atoms with E-state index < -0.39 is 0 Å². The zero-order valence-electron chi connectivity index (χ0n) is 18.3. The molecule has 0 radical (unpaired) electrons. The van der Waals surface area contributed by atoms with Crippen molar-refractivity contribution < 1.29 is 4.79 Å². The highest BCUT2D eigenvalue weighted by Gasteiger charge is 2.25. The quantitative estimate of drug-likeness (QED) is 0.256. The van der Waals surface area contributed by atoms with Crippen LogP contribution in [0.15, 0.2) is 29.3 Å². The summed E-state index contributed by atoms with van der Waals surface area (Å²) in [6.45, 7) is 7.76. The van der Waals surface area contributed by atoms with Crippen LogP contribution in [0.25, 0.3) is 0 Å². The van der Waals surface area contributed by atoms with Crippen LogP contribution in [0.2, 0.25) is 0 Å². The molecule has 1 aromatic heterocycles. The van der Waals surface area contributed by atoms with Crippen molar-refractivity contribution in [3.05, 3.63) is 47.0 Å². The lowest BCUT2D eigenvalue weighted by molar-refractivity contribution is -0.131. The molecule has 2 aliphatic rings. The number of nitrogens with zero attached hydrogens (tertiary/aromatic N) is 5. The SMILES string of the molecule is CCNC(=NCCCC(=O)N1Cc2ccccc2C1)NC1CCCn2nc(C)nc21.I. The van der Waals surface area contributed by atoms with Crippen molar-refractivity contribution in [2.75, 3.05) is 13.1 Å². The Kier molecular flexibility index (Phi) is 8.28. The Morgan fingerprint density at radius 1 is 1.26 bits per heavy atom. The minimum atomic E-state index is 0. The van der Waals surface area contributed by atoms with Gasteiger partial charge in [-0.1, -0.05) is 24.3 Å². The maximum Gasteiger partial charge on any atom is 0.223 e. The van der Waals surface area contributed by atoms with Crippen molar-refractivity contribution in [1.29, 1.82) is 0 Å². The number of guanidine groups is 1. The average molecular weight is 537 g/mol. The molecule has 0 bridgehead atoms. The lowest BCUT2D eigenvalue weighted by atomic mass is 10.1. The molecule has 0 saturated carbocycles. The molecule has 4 rings (SSSR count). The molecular weight excluding hydrogens is 505 g/mol. The van der Waals surface area contributed by atoms with E-state index in [0.29, 0.717) is 13.0 Å². The molecule has 0 saturated heterocycles. The van der Waals surface area contributed by atoms with Gasteiger partial charge in [0.25, 0.3) is 0 Å². The van der Waals surface area contributed by atoms with Crippen molar-refractivity contribution in [2.45, 2.75) is 65.2 Å². The molecule has 31 heavy (non-hydrogen) atoms. The van der Waals surface area contributed by atoms with Crippen molar-refractivity contribution in [1.82, 2.24) is 30.3 Å². The van der Waals surface area contributed by atoms with Crippen LogP contribution >= 0.6 is 24.0 Å². The fourth-order valence-electron chi connectivity index (χ4n) is 4.18. The van der Waals surface area contributed by atoms with Crippen LogP contribution < -0.4 is 10.6 Å². The molecule has 1 unspecified atom stereocenters. The normalized spacial score (nSPS) is 17.5. The molecule has 1 amide bonds. The van der Waals surface area contributed by atoms with Gasteiger partial charge in [0.05, 0.1) is 6.04 Å². The summed E-state index contributed by atoms with van der Waals surface area (Å²) in [5.74, 6) is 2.77. The van der Waals surface area contributed by atoms with Crippen molar-refractivity contribution in [3.63, 3.8) is 0 Å². The van der Waals surface area contributed by atoms with E-state index in [4.69, 9.17) is 4.99 Å². The third-order valence-corrected chi connectivity index (χ3v) is 5.65. The van der Waals surface area contributed by atoms with Crippen molar-refractivity contribution >= 4 is 35.8 Å². The van der Waals surface area contributed by atoms with E-state index >= 15 is 0 Å². The first-order chi connectivity index (χ1) is 14.6. The van der Waals surface area contributed by atoms with Gasteiger partial charge in [-0.15, -0.1) is 24.0 Å². The number of carbonyl (C=O) groups excluding carboxylic acids is 1. The Balaban J connectivity index is 0.00000272. The highest BCUT2D eigenvalue weighted by atomic mass is 127. The number of amides is 1. The molecule has 0 fully saturated rings. The van der Waals surface area contributed by atoms with Crippen molar-refractivity contribution in [3.8, 4) is 0 Å². The maximum absolute atomic E-state index is 12.6. The number of fused-ring (bicyclic) bond motifs is 2. The Bertz CT molecular complexity index is 901. The molecule has 168 valence electrons. The fourth-order valence-corrected chi connectivity index (χ4v) is 4.18. The van der Waals surface area contributed by atoms with Crippen LogP contribution in [0.3, 0.4) is 0 Å². The summed E-state index contributed by atoms with van der Waals surface area (Å²) < 4.78 is 1.99. The summed E-state index contributed by atoms with van der Waals surface area (Å²) in [7, 11) is 0. The van der Waals surface area contributed by atoms with Crippen LogP contribution in [-0.2, 0) is 24.4 Å². The summed E-state index contributed by atoms with van der Waals surface area (Å²) in [5.41, 5.74) is 2.52. The zero-order valence-corrected chi connectivity index (χ0v) is 20.6. The van der Waals surface area contributed by atoms with Gasteiger partial charge in [-0.05, 0) is 44.2 Å². The topological polar surface area (TPSA) is 87.4 Å². The van der Waals surface area contributed by atoms with Gasteiger partial charge < -0.3 is 15.5 Å². The molecule has 3 heterocycles. The Hall–Kier alpha value is -2.17. The summed E-state index contributed by atoms with van der Waals surface area (Å²) in [6, 6.07) is 8.39. The number of benzene rings is 1. The smallest absolute Gasteiger partial charge is 0.223 e. The average Bonchev–Trinajstić information content (AvgIpc) is 3.34. The molecule has 0 aliphatic carbocycles. The molecule has 2 aliphatic heterocycles. The maximum atomic E-state index is 12.6. The van der Waals surface area contributed by atoms with Gasteiger partial charge in [0.2, 0.25) is 5.91 Å². The van der Waals surface area contributed by atoms with Crippen LogP contribution in [0, 0.1) is 6.92 Å². The van der Waals surface area contributed by atoms with Crippen LogP contribution in [-0.4, -0.2) is 44.6 Å². The second-order valence-corrected chi connectivity index (χ2v) is 7.96. The number of aromatic nitrogens is 3. The van der Waals surface area contributed by atoms with Gasteiger partial charge in [-0.2, -0.15) is 5.10 Å². The van der Waals surface area contributed by atoms with Crippen LogP contribution in [0.1, 0.15) is 61.4 Å². The third kappa shape index (κ3) is 5.75. The van der Waals surface area contributed by atoms with Gasteiger partial charge in [-0.25, -0.2) is 9.67 Å². The van der Waals surface area contributed by atoms with Gasteiger partial charge in [-0.3, -0.25) is 9.79 Å². The predicted octanol–water partition coefficient (Wildman–Crippen LogP) is 2.92. The van der Waals surface area contributed by atoms with E-state index in [1.165, 1.54) is 11.1 Å². The van der Waals surface area contributed by atoms with E-state index in [1.807, 2.05) is 28.6 Å². The van der Waals surface area contributed by atoms with E-state index in [2.05, 4.69) is 39.8 Å². The lowest BCUT2D eigenvalue weighted by Crippen LogP contribution is -2.41. The van der Waals surface area contributed by atoms with E-state index in [1.54, 1.807) is 0 Å². The first-order valence-electron chi connectivity index (χ1n) is 10.9. The molecule has 1 aromatic carbocycles. The molecule has 2 N–H and O–H groups in total. The minimum Gasteiger partial charge on any atom is -0.357 e. The van der Waals surface area contributed by atoms with Gasteiger partial charge in [0, 0.05) is 39.1 Å². The second-order valence-electron chi connectivity index (χ2n) is 7.96. The van der Waals surface area contributed by atoms with E-state index in [9.17, 15) is 4.79 Å². The first-order valence-corrected chi connectivity index (χ1v) is 10.9.